The molecule has 0 saturated carbocycles. The molecule has 0 aromatic heterocycles. The maximum Gasteiger partial charge on any atom is 0.325 e. The zero-order valence-corrected chi connectivity index (χ0v) is 11.8. The molecule has 1 aliphatic rings. The SMILES string of the molecule is COCC1CCN(CCC(C)(N)C(=O)OC)CC1. The quantitative estimate of drug-likeness (QED) is 0.708. The van der Waals surface area contributed by atoms with Crippen molar-refractivity contribution in [2.75, 3.05) is 40.5 Å². The number of methoxy groups -OCH3 is 2. The first-order chi connectivity index (χ1) is 8.49. The van der Waals surface area contributed by atoms with Gasteiger partial charge in [0.15, 0.2) is 0 Å². The molecule has 0 aromatic carbocycles. The Balaban J connectivity index is 2.27. The lowest BCUT2D eigenvalue weighted by molar-refractivity contribution is -0.146. The number of esters is 1. The van der Waals surface area contributed by atoms with Crippen LogP contribution < -0.4 is 5.73 Å². The summed E-state index contributed by atoms with van der Waals surface area (Å²) < 4.78 is 9.88. The highest BCUT2D eigenvalue weighted by Gasteiger charge is 2.30. The first kappa shape index (κ1) is 15.4. The van der Waals surface area contributed by atoms with E-state index >= 15 is 0 Å². The summed E-state index contributed by atoms with van der Waals surface area (Å²) >= 11 is 0. The third-order valence-electron chi connectivity index (χ3n) is 3.71. The molecule has 1 saturated heterocycles. The predicted octanol–water partition coefficient (Wildman–Crippen LogP) is 0.625. The van der Waals surface area contributed by atoms with Crippen molar-refractivity contribution >= 4 is 5.97 Å². The second kappa shape index (κ2) is 7.07. The number of ether oxygens (including phenoxy) is 2. The van der Waals surface area contributed by atoms with Gasteiger partial charge in [-0.05, 0) is 45.2 Å². The van der Waals surface area contributed by atoms with Gasteiger partial charge in [0.25, 0.3) is 0 Å². The van der Waals surface area contributed by atoms with Crippen molar-refractivity contribution in [3.63, 3.8) is 0 Å². The summed E-state index contributed by atoms with van der Waals surface area (Å²) in [6.45, 7) is 5.56. The Hall–Kier alpha value is -0.650. The van der Waals surface area contributed by atoms with E-state index in [4.69, 9.17) is 15.2 Å². The number of carbonyl (C=O) groups is 1. The van der Waals surface area contributed by atoms with E-state index in [2.05, 4.69) is 4.90 Å². The van der Waals surface area contributed by atoms with E-state index in [0.717, 1.165) is 39.1 Å². The molecule has 5 heteroatoms. The molecular formula is C13H26N2O3. The number of likely N-dealkylation sites (tertiary alicyclic amines) is 1. The monoisotopic (exact) mass is 258 g/mol. The molecule has 0 spiro atoms. The molecule has 5 nitrogen and oxygen atoms in total. The van der Waals surface area contributed by atoms with Crippen molar-refractivity contribution < 1.29 is 14.3 Å². The van der Waals surface area contributed by atoms with Gasteiger partial charge in [-0.2, -0.15) is 0 Å². The van der Waals surface area contributed by atoms with E-state index in [9.17, 15) is 4.79 Å². The first-order valence-corrected chi connectivity index (χ1v) is 6.58. The van der Waals surface area contributed by atoms with Gasteiger partial charge in [0.05, 0.1) is 7.11 Å². The fraction of sp³-hybridized carbons (Fsp3) is 0.923. The van der Waals surface area contributed by atoms with E-state index in [-0.39, 0.29) is 5.97 Å². The van der Waals surface area contributed by atoms with Crippen LogP contribution in [0.25, 0.3) is 0 Å². The Morgan fingerprint density at radius 1 is 1.39 bits per heavy atom. The van der Waals surface area contributed by atoms with Crippen molar-refractivity contribution in [3.8, 4) is 0 Å². The van der Waals surface area contributed by atoms with Gasteiger partial charge in [-0.25, -0.2) is 0 Å². The van der Waals surface area contributed by atoms with Crippen molar-refractivity contribution in [1.82, 2.24) is 4.90 Å². The van der Waals surface area contributed by atoms with Crippen LogP contribution in [-0.2, 0) is 14.3 Å². The maximum atomic E-state index is 11.5. The highest BCUT2D eigenvalue weighted by molar-refractivity contribution is 5.79. The molecule has 0 bridgehead atoms. The minimum absolute atomic E-state index is 0.336. The van der Waals surface area contributed by atoms with Gasteiger partial charge in [0, 0.05) is 20.3 Å². The summed E-state index contributed by atoms with van der Waals surface area (Å²) in [5, 5.41) is 0. The van der Waals surface area contributed by atoms with Gasteiger partial charge in [0.1, 0.15) is 5.54 Å². The molecule has 106 valence electrons. The highest BCUT2D eigenvalue weighted by Crippen LogP contribution is 2.18. The molecule has 1 unspecified atom stereocenters. The van der Waals surface area contributed by atoms with Crippen LogP contribution in [0.4, 0.5) is 0 Å². The summed E-state index contributed by atoms with van der Waals surface area (Å²) in [6, 6.07) is 0. The van der Waals surface area contributed by atoms with Gasteiger partial charge < -0.3 is 20.1 Å². The Morgan fingerprint density at radius 2 is 2.00 bits per heavy atom. The third-order valence-corrected chi connectivity index (χ3v) is 3.71. The van der Waals surface area contributed by atoms with Gasteiger partial charge in [-0.15, -0.1) is 0 Å². The van der Waals surface area contributed by atoms with E-state index in [1.807, 2.05) is 0 Å². The highest BCUT2D eigenvalue weighted by atomic mass is 16.5. The molecule has 0 radical (unpaired) electrons. The standard InChI is InChI=1S/C13H26N2O3/c1-13(14,12(16)18-3)6-9-15-7-4-11(5-8-15)10-17-2/h11H,4-10,14H2,1-3H3. The minimum atomic E-state index is -0.877. The van der Waals surface area contributed by atoms with Crippen molar-refractivity contribution in [2.45, 2.75) is 31.7 Å². The average Bonchev–Trinajstić information content (AvgIpc) is 2.37. The Morgan fingerprint density at radius 3 is 2.50 bits per heavy atom. The lowest BCUT2D eigenvalue weighted by atomic mass is 9.95. The van der Waals surface area contributed by atoms with Crippen LogP contribution in [0.5, 0.6) is 0 Å². The Bertz CT molecular complexity index is 261. The number of rotatable bonds is 6. The van der Waals surface area contributed by atoms with E-state index in [0.29, 0.717) is 12.3 Å². The largest absolute Gasteiger partial charge is 0.468 e. The van der Waals surface area contributed by atoms with Crippen LogP contribution in [0.15, 0.2) is 0 Å². The van der Waals surface area contributed by atoms with Gasteiger partial charge >= 0.3 is 5.97 Å². The van der Waals surface area contributed by atoms with Crippen molar-refractivity contribution in [3.05, 3.63) is 0 Å². The fourth-order valence-corrected chi connectivity index (χ4v) is 2.34. The summed E-state index contributed by atoms with van der Waals surface area (Å²) in [6.07, 6.45) is 2.95. The zero-order valence-electron chi connectivity index (χ0n) is 11.8. The van der Waals surface area contributed by atoms with Gasteiger partial charge in [-0.1, -0.05) is 0 Å². The minimum Gasteiger partial charge on any atom is -0.468 e. The molecule has 1 atom stereocenters. The molecular weight excluding hydrogens is 232 g/mol. The predicted molar refractivity (Wildman–Crippen MR) is 70.3 cm³/mol. The summed E-state index contributed by atoms with van der Waals surface area (Å²) in [5.41, 5.74) is 5.06. The zero-order chi connectivity index (χ0) is 13.6. The fourth-order valence-electron chi connectivity index (χ4n) is 2.34. The Labute approximate surface area is 110 Å². The van der Waals surface area contributed by atoms with Crippen molar-refractivity contribution in [2.24, 2.45) is 11.7 Å². The lowest BCUT2D eigenvalue weighted by Gasteiger charge is -2.33. The molecule has 0 aliphatic carbocycles. The molecule has 2 N–H and O–H groups in total. The molecule has 1 rings (SSSR count). The number of piperidine rings is 1. The van der Waals surface area contributed by atoms with Gasteiger partial charge in [0.2, 0.25) is 0 Å². The average molecular weight is 258 g/mol. The normalized spacial score (nSPS) is 21.6. The number of carbonyl (C=O) groups excluding carboxylic acids is 1. The van der Waals surface area contributed by atoms with Crippen LogP contribution in [0.2, 0.25) is 0 Å². The van der Waals surface area contributed by atoms with E-state index in [1.165, 1.54) is 7.11 Å². The van der Waals surface area contributed by atoms with Crippen molar-refractivity contribution in [1.29, 1.82) is 0 Å². The lowest BCUT2D eigenvalue weighted by Crippen LogP contribution is -2.49. The second-order valence-corrected chi connectivity index (χ2v) is 5.40. The van der Waals surface area contributed by atoms with Crippen LogP contribution in [0.1, 0.15) is 26.2 Å². The third kappa shape index (κ3) is 4.55. The molecule has 0 amide bonds. The second-order valence-electron chi connectivity index (χ2n) is 5.40. The van der Waals surface area contributed by atoms with Crippen LogP contribution in [0.3, 0.4) is 0 Å². The molecule has 18 heavy (non-hydrogen) atoms. The molecule has 1 aliphatic heterocycles. The Kier molecular flexibility index (Phi) is 6.05. The summed E-state index contributed by atoms with van der Waals surface area (Å²) in [4.78, 5) is 13.8. The number of hydrogen-bond donors (Lipinski definition) is 1. The number of nitrogens with two attached hydrogens (primary N) is 1. The smallest absolute Gasteiger partial charge is 0.325 e. The number of nitrogens with zero attached hydrogens (tertiary/aromatic N) is 1. The van der Waals surface area contributed by atoms with E-state index in [1.54, 1.807) is 14.0 Å². The topological polar surface area (TPSA) is 64.8 Å². The maximum absolute atomic E-state index is 11.5. The van der Waals surface area contributed by atoms with Crippen LogP contribution in [0, 0.1) is 5.92 Å². The van der Waals surface area contributed by atoms with Crippen LogP contribution in [-0.4, -0.2) is 56.9 Å². The van der Waals surface area contributed by atoms with Gasteiger partial charge in [-0.3, -0.25) is 4.79 Å². The summed E-state index contributed by atoms with van der Waals surface area (Å²) in [7, 11) is 3.13. The summed E-state index contributed by atoms with van der Waals surface area (Å²) in [5.74, 6) is 0.341. The van der Waals surface area contributed by atoms with E-state index < -0.39 is 5.54 Å². The number of hydrogen-bond acceptors (Lipinski definition) is 5. The van der Waals surface area contributed by atoms with Crippen LogP contribution >= 0.6 is 0 Å². The molecule has 1 heterocycles. The molecule has 1 fully saturated rings. The molecule has 0 aromatic rings. The first-order valence-electron chi connectivity index (χ1n) is 6.58.